The number of aromatic nitrogens is 3. The highest BCUT2D eigenvalue weighted by atomic mass is 19.1. The Labute approximate surface area is 328 Å². The Balaban J connectivity index is 1.10. The summed E-state index contributed by atoms with van der Waals surface area (Å²) in [4.78, 5) is 34.1. The van der Waals surface area contributed by atoms with Crippen LogP contribution in [0.25, 0.3) is 32.9 Å². The summed E-state index contributed by atoms with van der Waals surface area (Å²) >= 11 is 0. The van der Waals surface area contributed by atoms with Gasteiger partial charge in [0.05, 0.1) is 28.7 Å². The van der Waals surface area contributed by atoms with Gasteiger partial charge < -0.3 is 18.5 Å². The van der Waals surface area contributed by atoms with E-state index in [0.717, 1.165) is 57.9 Å². The molecule has 8 heterocycles. The minimum Gasteiger partial charge on any atom is -0.461 e. The molecule has 5 aromatic rings. The van der Waals surface area contributed by atoms with Gasteiger partial charge in [0.2, 0.25) is 0 Å². The molecule has 3 aromatic heterocycles. The number of unbranched alkanes of at least 4 members (excludes halogenated alkanes) is 1. The molecule has 0 N–H and O–H groups in total. The topological polar surface area (TPSA) is 101 Å². The summed E-state index contributed by atoms with van der Waals surface area (Å²) in [5, 5.41) is 1.62. The average Bonchev–Trinajstić information content (AvgIpc) is 3.93. The number of nitrogens with zero attached hydrogens (tertiary/aromatic N) is 6. The van der Waals surface area contributed by atoms with Crippen LogP contribution in [0.3, 0.4) is 0 Å². The zero-order valence-electron chi connectivity index (χ0n) is 32.0. The van der Waals surface area contributed by atoms with Gasteiger partial charge >= 0.3 is 11.8 Å². The van der Waals surface area contributed by atoms with E-state index in [9.17, 15) is 9.18 Å². The molecule has 5 atom stereocenters. The van der Waals surface area contributed by atoms with E-state index in [1.807, 2.05) is 6.07 Å². The molecule has 57 heavy (non-hydrogen) atoms. The predicted molar refractivity (Wildman–Crippen MR) is 209 cm³/mol. The number of rotatable bonds is 9. The number of alkyl halides is 1. The Kier molecular flexibility index (Phi) is 9.05. The van der Waals surface area contributed by atoms with Crippen LogP contribution >= 0.6 is 0 Å². The molecule has 5 aliphatic heterocycles. The Morgan fingerprint density at radius 2 is 1.89 bits per heavy atom. The van der Waals surface area contributed by atoms with Gasteiger partial charge in [-0.3, -0.25) is 9.80 Å². The monoisotopic (exact) mass is 778 g/mol. The van der Waals surface area contributed by atoms with Gasteiger partial charge in [-0.1, -0.05) is 43.5 Å². The number of piperazine rings is 1. The molecule has 0 radical (unpaired) electrons. The summed E-state index contributed by atoms with van der Waals surface area (Å²) in [5.41, 5.74) is 0.752. The van der Waals surface area contributed by atoms with E-state index in [-0.39, 0.29) is 47.5 Å². The molecule has 2 bridgehead atoms. The van der Waals surface area contributed by atoms with Crippen molar-refractivity contribution in [3.63, 3.8) is 0 Å². The first-order chi connectivity index (χ1) is 27.7. The summed E-state index contributed by atoms with van der Waals surface area (Å²) in [6, 6.07) is 8.58. The van der Waals surface area contributed by atoms with Gasteiger partial charge in [-0.15, -0.1) is 6.42 Å². The predicted octanol–water partition coefficient (Wildman–Crippen LogP) is 7.51. The molecule has 4 saturated heterocycles. The number of anilines is 1. The van der Waals surface area contributed by atoms with E-state index in [4.69, 9.17) is 34.9 Å². The smallest absolute Gasteiger partial charge is 0.461 e. The van der Waals surface area contributed by atoms with E-state index in [0.29, 0.717) is 83.7 Å². The highest BCUT2D eigenvalue weighted by Crippen LogP contribution is 2.46. The van der Waals surface area contributed by atoms with Crippen LogP contribution < -0.4 is 15.5 Å². The third kappa shape index (κ3) is 6.01. The van der Waals surface area contributed by atoms with E-state index >= 15 is 8.78 Å². The second-order valence-electron chi connectivity index (χ2n) is 16.6. The first-order valence-electron chi connectivity index (χ1n) is 20.5. The lowest BCUT2D eigenvalue weighted by Gasteiger charge is -2.48. The third-order valence-electron chi connectivity index (χ3n) is 13.4. The fourth-order valence-electron chi connectivity index (χ4n) is 10.8. The molecule has 10 rings (SSSR count). The lowest BCUT2D eigenvalue weighted by atomic mass is 9.92. The number of ether oxygens (including phenoxy) is 1. The summed E-state index contributed by atoms with van der Waals surface area (Å²) in [5.74, 6) is 2.38. The first-order valence-corrected chi connectivity index (χ1v) is 20.5. The molecule has 4 fully saturated rings. The molecule has 5 aliphatic rings. The van der Waals surface area contributed by atoms with Gasteiger partial charge in [0, 0.05) is 55.0 Å². The zero-order valence-corrected chi connectivity index (χ0v) is 32.0. The normalized spacial score (nSPS) is 25.8. The first kappa shape index (κ1) is 36.4. The fourth-order valence-corrected chi connectivity index (χ4v) is 10.8. The lowest BCUT2D eigenvalue weighted by molar-refractivity contribution is 0.106. The SMILES string of the molecule is C#Cc1c(F)ccc2cccc(-c3nc4c5c(nc(OC[C@@]67CCCN6C[C@H](F)C7)nc5c3F)N3C[C@H]5CC[C@@H]([C@H]3CCC4)N5Cc3oc(=O)oc3CCCC)c12. The number of terminal acetylenes is 1. The summed E-state index contributed by atoms with van der Waals surface area (Å²) in [6.45, 7) is 4.57. The molecule has 0 amide bonds. The number of halogens is 3. The van der Waals surface area contributed by atoms with E-state index in [2.05, 4.69) is 27.5 Å². The van der Waals surface area contributed by atoms with Gasteiger partial charge in [-0.25, -0.2) is 22.9 Å². The molecule has 0 unspecified atom stereocenters. The van der Waals surface area contributed by atoms with Crippen LogP contribution in [0.5, 0.6) is 6.01 Å². The van der Waals surface area contributed by atoms with E-state index < -0.39 is 29.2 Å². The average molecular weight is 779 g/mol. The zero-order chi connectivity index (χ0) is 39.0. The number of benzene rings is 2. The Hall–Kier alpha value is -4.93. The van der Waals surface area contributed by atoms with Crippen molar-refractivity contribution in [1.82, 2.24) is 24.8 Å². The van der Waals surface area contributed by atoms with Crippen LogP contribution in [0.1, 0.15) is 87.5 Å². The van der Waals surface area contributed by atoms with Crippen LogP contribution in [-0.2, 0) is 19.4 Å². The van der Waals surface area contributed by atoms with Crippen molar-refractivity contribution in [1.29, 1.82) is 0 Å². The van der Waals surface area contributed by atoms with Crippen molar-refractivity contribution >= 4 is 27.5 Å². The largest absolute Gasteiger partial charge is 0.519 e. The Morgan fingerprint density at radius 3 is 2.75 bits per heavy atom. The molecule has 296 valence electrons. The molecule has 10 nitrogen and oxygen atoms in total. The quantitative estimate of drug-likeness (QED) is 0.140. The van der Waals surface area contributed by atoms with Gasteiger partial charge in [0.25, 0.3) is 0 Å². The fraction of sp³-hybridized carbons (Fsp3) is 0.500. The van der Waals surface area contributed by atoms with Crippen LogP contribution in [0.15, 0.2) is 44.0 Å². The molecule has 0 aliphatic carbocycles. The van der Waals surface area contributed by atoms with Crippen molar-refractivity contribution in [2.75, 3.05) is 31.1 Å². The van der Waals surface area contributed by atoms with Crippen molar-refractivity contribution in [3.8, 4) is 29.6 Å². The van der Waals surface area contributed by atoms with Gasteiger partial charge in [0.1, 0.15) is 35.6 Å². The van der Waals surface area contributed by atoms with Gasteiger partial charge in [-0.05, 0) is 69.4 Å². The maximum atomic E-state index is 17.5. The number of hydrogen-bond acceptors (Lipinski definition) is 10. The molecular formula is C44H45F3N6O4. The highest BCUT2D eigenvalue weighted by molar-refractivity contribution is 6.02. The molecule has 0 saturated carbocycles. The molecule has 0 spiro atoms. The highest BCUT2D eigenvalue weighted by Gasteiger charge is 2.50. The molecular weight excluding hydrogens is 734 g/mol. The third-order valence-corrected chi connectivity index (χ3v) is 13.4. The number of pyridine rings is 1. The summed E-state index contributed by atoms with van der Waals surface area (Å²) in [7, 11) is 0. The van der Waals surface area contributed by atoms with Gasteiger partial charge in [-0.2, -0.15) is 9.97 Å². The summed E-state index contributed by atoms with van der Waals surface area (Å²) in [6.07, 6.45) is 13.6. The Bertz CT molecular complexity index is 2500. The number of fused-ring (bicyclic) bond motifs is 7. The van der Waals surface area contributed by atoms with Gasteiger partial charge in [0.15, 0.2) is 17.3 Å². The van der Waals surface area contributed by atoms with Crippen molar-refractivity contribution in [2.24, 2.45) is 0 Å². The van der Waals surface area contributed by atoms with E-state index in [1.54, 1.807) is 18.2 Å². The van der Waals surface area contributed by atoms with E-state index in [1.165, 1.54) is 6.07 Å². The van der Waals surface area contributed by atoms with Crippen LogP contribution in [0.4, 0.5) is 19.0 Å². The molecule has 2 aromatic carbocycles. The second-order valence-corrected chi connectivity index (χ2v) is 16.6. The maximum absolute atomic E-state index is 17.5. The lowest BCUT2D eigenvalue weighted by Crippen LogP contribution is -2.60. The molecule has 13 heteroatoms. The van der Waals surface area contributed by atoms with Crippen LogP contribution in [0, 0.1) is 24.0 Å². The number of aryl methyl sites for hydroxylation is 2. The number of hydrogen-bond donors (Lipinski definition) is 0. The minimum atomic E-state index is -0.933. The summed E-state index contributed by atoms with van der Waals surface area (Å²) < 4.78 is 65.0. The Morgan fingerprint density at radius 1 is 1.02 bits per heavy atom. The van der Waals surface area contributed by atoms with Crippen molar-refractivity contribution < 1.29 is 26.7 Å². The minimum absolute atomic E-state index is 0.0218. The van der Waals surface area contributed by atoms with Crippen LogP contribution in [-0.4, -0.2) is 80.8 Å². The van der Waals surface area contributed by atoms with Crippen molar-refractivity contribution in [2.45, 2.75) is 114 Å². The standard InChI is InChI=1S/C44H45F3N6O4/c1-3-5-13-34-35(57-43(54)56-34)23-52-27-15-17-33(52)32-12-7-11-31-37-40(38(47)39(48-31)29-10-6-9-25-14-16-30(46)28(4-2)36(25)29)49-42(50-41(37)53(32)22-27)55-24-44-18-8-19-51(44)21-26(45)20-44/h2,6,9-10,14,16,26-27,32-33H,3,5,7-8,11-13,15,17-24H2,1H3/t26-,27-,32-,33+,44+/m1/s1. The second kappa shape index (κ2) is 14.2. The maximum Gasteiger partial charge on any atom is 0.519 e. The van der Waals surface area contributed by atoms with Crippen LogP contribution in [0.2, 0.25) is 0 Å². The van der Waals surface area contributed by atoms with Crippen molar-refractivity contribution in [3.05, 3.63) is 75.4 Å².